The fourth-order valence-electron chi connectivity index (χ4n) is 7.34. The van der Waals surface area contributed by atoms with E-state index < -0.39 is 65.5 Å². The molecule has 10 nitrogen and oxygen atoms in total. The maximum atomic E-state index is 13.3. The topological polar surface area (TPSA) is 127 Å². The van der Waals surface area contributed by atoms with Crippen molar-refractivity contribution in [1.82, 2.24) is 4.90 Å². The minimum absolute atomic E-state index is 0.164. The van der Waals surface area contributed by atoms with E-state index in [2.05, 4.69) is 0 Å². The van der Waals surface area contributed by atoms with Crippen molar-refractivity contribution in [2.75, 3.05) is 20.7 Å². The van der Waals surface area contributed by atoms with E-state index in [1.807, 2.05) is 66.6 Å². The van der Waals surface area contributed by atoms with E-state index in [0.29, 0.717) is 24.8 Å². The molecule has 3 unspecified atom stereocenters. The Kier molecular flexibility index (Phi) is 8.65. The number of nitrogens with zero attached hydrogens (tertiary/aromatic N) is 1. The largest absolute Gasteiger partial charge is 0.459 e. The average molecular weight is 556 g/mol. The number of aliphatic hydroxyl groups is 3. The molecule has 1 spiro atoms. The molecule has 224 valence electrons. The number of aliphatic hydroxyl groups excluding tert-OH is 3. The van der Waals surface area contributed by atoms with Gasteiger partial charge in [0.25, 0.3) is 0 Å². The predicted octanol–water partition coefficient (Wildman–Crippen LogP) is 1.99. The molecule has 0 saturated carbocycles. The van der Waals surface area contributed by atoms with Gasteiger partial charge in [-0.3, -0.25) is 4.79 Å². The molecule has 3 fully saturated rings. The molecular formula is C29H49NO9. The van der Waals surface area contributed by atoms with Gasteiger partial charge in [-0.1, -0.05) is 20.8 Å². The summed E-state index contributed by atoms with van der Waals surface area (Å²) >= 11 is 0. The molecule has 0 radical (unpaired) electrons. The number of cyclic esters (lactones) is 1. The molecule has 0 aliphatic carbocycles. The highest BCUT2D eigenvalue weighted by Gasteiger charge is 2.65. The van der Waals surface area contributed by atoms with E-state index in [9.17, 15) is 20.1 Å². The zero-order valence-electron chi connectivity index (χ0n) is 24.9. The molecule has 0 aromatic rings. The van der Waals surface area contributed by atoms with Gasteiger partial charge >= 0.3 is 5.97 Å². The maximum absolute atomic E-state index is 13.3. The Labute approximate surface area is 232 Å². The number of hydrogen-bond acceptors (Lipinski definition) is 10. The SMILES string of the molecule is CC[C@H]1OC(=O)[C@H](C)[C@@H](O)[C@H](C)[C@@H](O[C@@H]2O[C@H](C)C[C@H](N(C)C)[C@H]2O)C2(C)C[C@@H](C)C3(OC1(C)C=C3CO)O2. The van der Waals surface area contributed by atoms with Crippen LogP contribution in [-0.4, -0.2) is 107 Å². The van der Waals surface area contributed by atoms with Crippen molar-refractivity contribution >= 4 is 5.97 Å². The van der Waals surface area contributed by atoms with E-state index in [1.165, 1.54) is 0 Å². The van der Waals surface area contributed by atoms with E-state index >= 15 is 0 Å². The summed E-state index contributed by atoms with van der Waals surface area (Å²) in [4.78, 5) is 15.3. The van der Waals surface area contributed by atoms with Crippen molar-refractivity contribution in [3.8, 4) is 0 Å². The zero-order chi connectivity index (χ0) is 29.1. The number of carbonyl (C=O) groups excluding carboxylic acids is 1. The van der Waals surface area contributed by atoms with E-state index in [4.69, 9.17) is 23.7 Å². The molecule has 3 bridgehead atoms. The highest BCUT2D eigenvalue weighted by atomic mass is 16.8. The van der Waals surface area contributed by atoms with Gasteiger partial charge in [-0.2, -0.15) is 0 Å². The highest BCUT2D eigenvalue weighted by molar-refractivity contribution is 5.73. The second kappa shape index (κ2) is 10.9. The fourth-order valence-corrected chi connectivity index (χ4v) is 7.34. The number of carbonyl (C=O) groups is 1. The third kappa shape index (κ3) is 5.20. The van der Waals surface area contributed by atoms with Crippen LogP contribution in [0, 0.1) is 17.8 Å². The Morgan fingerprint density at radius 3 is 2.36 bits per heavy atom. The summed E-state index contributed by atoms with van der Waals surface area (Å²) in [7, 11) is 3.82. The summed E-state index contributed by atoms with van der Waals surface area (Å²) in [6, 6.07) is -0.185. The highest BCUT2D eigenvalue weighted by Crippen LogP contribution is 2.56. The molecule has 39 heavy (non-hydrogen) atoms. The van der Waals surface area contributed by atoms with Gasteiger partial charge in [-0.25, -0.2) is 0 Å². The lowest BCUT2D eigenvalue weighted by molar-refractivity contribution is -0.328. The molecule has 0 aromatic carbocycles. The average Bonchev–Trinajstić information content (AvgIpc) is 3.31. The predicted molar refractivity (Wildman–Crippen MR) is 142 cm³/mol. The Hall–Kier alpha value is -1.11. The fraction of sp³-hybridized carbons (Fsp3) is 0.897. The van der Waals surface area contributed by atoms with Gasteiger partial charge in [0.2, 0.25) is 0 Å². The lowest BCUT2D eigenvalue weighted by atomic mass is 9.78. The smallest absolute Gasteiger partial charge is 0.311 e. The second-order valence-corrected chi connectivity index (χ2v) is 12.9. The molecule has 3 N–H and O–H groups in total. The van der Waals surface area contributed by atoms with Crippen LogP contribution in [0.4, 0.5) is 0 Å². The van der Waals surface area contributed by atoms with Crippen molar-refractivity contribution in [2.24, 2.45) is 17.8 Å². The molecule has 4 aliphatic heterocycles. The Morgan fingerprint density at radius 1 is 1.10 bits per heavy atom. The first-order valence-electron chi connectivity index (χ1n) is 14.4. The first-order chi connectivity index (χ1) is 18.1. The van der Waals surface area contributed by atoms with Gasteiger partial charge in [-0.05, 0) is 67.1 Å². The number of esters is 1. The summed E-state index contributed by atoms with van der Waals surface area (Å²) in [5, 5.41) is 33.2. The monoisotopic (exact) mass is 555 g/mol. The minimum Gasteiger partial charge on any atom is -0.459 e. The summed E-state index contributed by atoms with van der Waals surface area (Å²) in [5.74, 6) is -3.47. The lowest BCUT2D eigenvalue weighted by Gasteiger charge is -2.47. The number of rotatable bonds is 5. The van der Waals surface area contributed by atoms with Crippen molar-refractivity contribution in [3.05, 3.63) is 11.6 Å². The lowest BCUT2D eigenvalue weighted by Crippen LogP contribution is -2.59. The van der Waals surface area contributed by atoms with E-state index in [-0.39, 0.29) is 24.7 Å². The number of hydrogen-bond donors (Lipinski definition) is 3. The molecular weight excluding hydrogens is 506 g/mol. The van der Waals surface area contributed by atoms with Crippen molar-refractivity contribution in [3.63, 3.8) is 0 Å². The van der Waals surface area contributed by atoms with Gasteiger partial charge < -0.3 is 43.9 Å². The zero-order valence-corrected chi connectivity index (χ0v) is 24.9. The Balaban J connectivity index is 1.79. The van der Waals surface area contributed by atoms with Gasteiger partial charge in [0.05, 0.1) is 36.4 Å². The number of likely N-dealkylation sites (N-methyl/N-ethyl adjacent to an activating group) is 1. The minimum atomic E-state index is -1.26. The standard InChI is InChI=1S/C29H49NO9/c1-10-21-27(6)13-19(14-31)29(38-27)15(2)12-28(7,39-29)24(17(4)22(32)18(5)25(34)36-21)37-26-23(33)20(30(8)9)11-16(3)35-26/h13,15-18,20-24,26,31-33H,10-12,14H2,1-9H3/t15-,16-,17+,18-,20+,21-,22+,23-,24-,26+,27?,28?,29?/m1/s1. The molecule has 13 atom stereocenters. The second-order valence-electron chi connectivity index (χ2n) is 12.9. The molecule has 4 heterocycles. The molecule has 0 aromatic heterocycles. The summed E-state index contributed by atoms with van der Waals surface area (Å²) < 4.78 is 32.2. The molecule has 3 saturated heterocycles. The van der Waals surface area contributed by atoms with Crippen LogP contribution in [0.3, 0.4) is 0 Å². The van der Waals surface area contributed by atoms with Crippen molar-refractivity contribution in [2.45, 2.75) is 128 Å². The van der Waals surface area contributed by atoms with Crippen LogP contribution in [-0.2, 0) is 28.5 Å². The normalized spacial score (nSPS) is 50.8. The Morgan fingerprint density at radius 2 is 1.77 bits per heavy atom. The molecule has 4 rings (SSSR count). The van der Waals surface area contributed by atoms with Gasteiger partial charge in [0, 0.05) is 23.5 Å². The first-order valence-corrected chi connectivity index (χ1v) is 14.4. The van der Waals surface area contributed by atoms with Crippen molar-refractivity contribution < 1.29 is 43.8 Å². The molecule has 4 aliphatic rings. The van der Waals surface area contributed by atoms with Gasteiger partial charge in [0.15, 0.2) is 12.1 Å². The van der Waals surface area contributed by atoms with E-state index in [0.717, 1.165) is 0 Å². The van der Waals surface area contributed by atoms with Crippen LogP contribution in [0.1, 0.15) is 67.7 Å². The first kappa shape index (κ1) is 30.8. The van der Waals surface area contributed by atoms with E-state index in [1.54, 1.807) is 6.92 Å². The molecule has 0 amide bonds. The van der Waals surface area contributed by atoms with Crippen LogP contribution in [0.15, 0.2) is 11.6 Å². The van der Waals surface area contributed by atoms with Crippen molar-refractivity contribution in [1.29, 1.82) is 0 Å². The summed E-state index contributed by atoms with van der Waals surface area (Å²) in [6.07, 6.45) is -1.21. The van der Waals surface area contributed by atoms with Crippen LogP contribution in [0.2, 0.25) is 0 Å². The molecule has 10 heteroatoms. The van der Waals surface area contributed by atoms with Crippen LogP contribution >= 0.6 is 0 Å². The van der Waals surface area contributed by atoms with Crippen LogP contribution in [0.5, 0.6) is 0 Å². The number of ether oxygens (including phenoxy) is 5. The summed E-state index contributed by atoms with van der Waals surface area (Å²) in [6.45, 7) is 12.8. The quantitative estimate of drug-likeness (QED) is 0.342. The Bertz CT molecular complexity index is 944. The van der Waals surface area contributed by atoms with Crippen LogP contribution < -0.4 is 0 Å². The number of fused-ring (bicyclic) bond motifs is 2. The van der Waals surface area contributed by atoms with Gasteiger partial charge in [-0.15, -0.1) is 0 Å². The van der Waals surface area contributed by atoms with Crippen LogP contribution in [0.25, 0.3) is 0 Å². The summed E-state index contributed by atoms with van der Waals surface area (Å²) in [5.41, 5.74) is -1.48. The maximum Gasteiger partial charge on any atom is 0.311 e. The third-order valence-corrected chi connectivity index (χ3v) is 9.52. The van der Waals surface area contributed by atoms with Gasteiger partial charge in [0.1, 0.15) is 17.8 Å². The third-order valence-electron chi connectivity index (χ3n) is 9.52.